The molecule has 2 amide bonds. The molecule has 1 aliphatic rings. The van der Waals surface area contributed by atoms with Crippen LogP contribution in [0.25, 0.3) is 0 Å². The van der Waals surface area contributed by atoms with Crippen molar-refractivity contribution in [3.8, 4) is 0 Å². The number of unbranched alkanes of at least 4 members (excludes halogenated alkanes) is 1. The third kappa shape index (κ3) is 6.71. The van der Waals surface area contributed by atoms with Crippen molar-refractivity contribution in [2.24, 2.45) is 0 Å². The molecule has 2 N–H and O–H groups in total. The van der Waals surface area contributed by atoms with Gasteiger partial charge in [0.1, 0.15) is 6.10 Å². The molecule has 0 aliphatic carbocycles. The first-order valence-electron chi connectivity index (χ1n) is 9.35. The molecule has 1 heterocycles. The van der Waals surface area contributed by atoms with E-state index in [1.807, 2.05) is 0 Å². The van der Waals surface area contributed by atoms with Crippen LogP contribution in [0.2, 0.25) is 0 Å². The Morgan fingerprint density at radius 1 is 1.41 bits per heavy atom. The molecule has 0 bridgehead atoms. The number of amides is 2. The summed E-state index contributed by atoms with van der Waals surface area (Å²) in [7, 11) is 1.34. The second-order valence-corrected chi connectivity index (χ2v) is 7.71. The maximum absolute atomic E-state index is 14.4. The Hall–Kier alpha value is -2.13. The highest BCUT2D eigenvalue weighted by molar-refractivity contribution is 7.99. The van der Waals surface area contributed by atoms with Crippen LogP contribution in [0.15, 0.2) is 42.5 Å². The molecule has 0 radical (unpaired) electrons. The van der Waals surface area contributed by atoms with Crippen LogP contribution in [0.1, 0.15) is 18.4 Å². The largest absolute Gasteiger partial charge is 0.468 e. The zero-order chi connectivity index (χ0) is 21.3. The lowest BCUT2D eigenvalue weighted by Gasteiger charge is -2.23. The quantitative estimate of drug-likeness (QED) is 0.322. The number of urea groups is 1. The van der Waals surface area contributed by atoms with Gasteiger partial charge in [-0.25, -0.2) is 4.79 Å². The van der Waals surface area contributed by atoms with Crippen LogP contribution >= 0.6 is 11.8 Å². The number of halogens is 2. The SMILES string of the molecule is COC(=O)CSCCCCN1C(=O)NC[C@@H]1/C=C/C(O)C(F)(F)c1ccccc1. The van der Waals surface area contributed by atoms with Gasteiger partial charge >= 0.3 is 17.9 Å². The summed E-state index contributed by atoms with van der Waals surface area (Å²) in [5.74, 6) is -2.65. The molecule has 9 heteroatoms. The molecule has 1 aromatic carbocycles. The molecule has 1 saturated heterocycles. The fourth-order valence-corrected chi connectivity index (χ4v) is 3.72. The minimum absolute atomic E-state index is 0.258. The number of rotatable bonds is 11. The highest BCUT2D eigenvalue weighted by atomic mass is 32.2. The molecule has 0 saturated carbocycles. The summed E-state index contributed by atoms with van der Waals surface area (Å²) >= 11 is 1.46. The van der Waals surface area contributed by atoms with Crippen molar-refractivity contribution in [2.45, 2.75) is 30.9 Å². The molecule has 1 aliphatic heterocycles. The van der Waals surface area contributed by atoms with Crippen LogP contribution in [-0.2, 0) is 15.5 Å². The van der Waals surface area contributed by atoms with Gasteiger partial charge in [0.05, 0.1) is 18.9 Å². The zero-order valence-corrected chi connectivity index (χ0v) is 17.0. The van der Waals surface area contributed by atoms with E-state index in [-0.39, 0.29) is 17.6 Å². The molecule has 1 aromatic rings. The third-order valence-electron chi connectivity index (χ3n) is 4.55. The number of aliphatic hydroxyl groups is 1. The Labute approximate surface area is 173 Å². The monoisotopic (exact) mass is 428 g/mol. The summed E-state index contributed by atoms with van der Waals surface area (Å²) in [4.78, 5) is 24.6. The molecule has 1 unspecified atom stereocenters. The Bertz CT molecular complexity index is 703. The number of alkyl halides is 2. The second kappa shape index (κ2) is 11.2. The number of carbonyl (C=O) groups is 2. The summed E-state index contributed by atoms with van der Waals surface area (Å²) in [6.07, 6.45) is 2.03. The molecule has 29 heavy (non-hydrogen) atoms. The average Bonchev–Trinajstić information content (AvgIpc) is 3.08. The van der Waals surface area contributed by atoms with E-state index in [4.69, 9.17) is 0 Å². The number of benzene rings is 1. The summed E-state index contributed by atoms with van der Waals surface area (Å²) in [6, 6.07) is 6.49. The molecule has 6 nitrogen and oxygen atoms in total. The maximum Gasteiger partial charge on any atom is 0.318 e. The van der Waals surface area contributed by atoms with Crippen molar-refractivity contribution in [1.29, 1.82) is 0 Å². The fourth-order valence-electron chi connectivity index (χ4n) is 2.88. The minimum atomic E-state index is -3.42. The minimum Gasteiger partial charge on any atom is -0.468 e. The lowest BCUT2D eigenvalue weighted by molar-refractivity contribution is -0.137. The van der Waals surface area contributed by atoms with Crippen LogP contribution in [-0.4, -0.2) is 65.9 Å². The first-order valence-corrected chi connectivity index (χ1v) is 10.5. The number of esters is 1. The van der Waals surface area contributed by atoms with Crippen LogP contribution in [0, 0.1) is 0 Å². The lowest BCUT2D eigenvalue weighted by Crippen LogP contribution is -2.35. The van der Waals surface area contributed by atoms with Gasteiger partial charge in [-0.1, -0.05) is 42.5 Å². The van der Waals surface area contributed by atoms with Crippen molar-refractivity contribution in [2.75, 3.05) is 31.7 Å². The first kappa shape index (κ1) is 23.2. The smallest absolute Gasteiger partial charge is 0.318 e. The Kier molecular flexibility index (Phi) is 8.91. The number of hydrogen-bond donors (Lipinski definition) is 2. The lowest BCUT2D eigenvalue weighted by atomic mass is 10.0. The van der Waals surface area contributed by atoms with Crippen molar-refractivity contribution < 1.29 is 28.2 Å². The predicted molar refractivity (Wildman–Crippen MR) is 108 cm³/mol. The normalized spacial score (nSPS) is 18.1. The second-order valence-electron chi connectivity index (χ2n) is 6.60. The Balaban J connectivity index is 1.84. The van der Waals surface area contributed by atoms with Crippen molar-refractivity contribution in [3.05, 3.63) is 48.0 Å². The van der Waals surface area contributed by atoms with E-state index in [1.165, 1.54) is 49.2 Å². The molecule has 2 atom stereocenters. The molecule has 160 valence electrons. The molecule has 1 fully saturated rings. The van der Waals surface area contributed by atoms with E-state index >= 15 is 0 Å². The highest BCUT2D eigenvalue weighted by Crippen LogP contribution is 2.32. The number of ether oxygens (including phenoxy) is 1. The summed E-state index contributed by atoms with van der Waals surface area (Å²) in [6.45, 7) is 0.765. The van der Waals surface area contributed by atoms with Gasteiger partial charge in [-0.2, -0.15) is 20.5 Å². The van der Waals surface area contributed by atoms with Crippen LogP contribution < -0.4 is 5.32 Å². The van der Waals surface area contributed by atoms with Crippen LogP contribution in [0.3, 0.4) is 0 Å². The van der Waals surface area contributed by atoms with E-state index < -0.39 is 18.1 Å². The number of aliphatic hydroxyl groups excluding tert-OH is 1. The molecule has 0 aromatic heterocycles. The number of nitrogens with zero attached hydrogens (tertiary/aromatic N) is 1. The number of carbonyl (C=O) groups excluding carboxylic acids is 2. The number of thioether (sulfide) groups is 1. The zero-order valence-electron chi connectivity index (χ0n) is 16.2. The molecule has 2 rings (SSSR count). The third-order valence-corrected chi connectivity index (χ3v) is 5.57. The van der Waals surface area contributed by atoms with E-state index in [2.05, 4.69) is 10.1 Å². The van der Waals surface area contributed by atoms with Gasteiger partial charge in [-0.15, -0.1) is 0 Å². The van der Waals surface area contributed by atoms with Gasteiger partial charge in [0.15, 0.2) is 0 Å². The van der Waals surface area contributed by atoms with Crippen molar-refractivity contribution in [3.63, 3.8) is 0 Å². The van der Waals surface area contributed by atoms with Gasteiger partial charge in [0, 0.05) is 18.7 Å². The number of hydrogen-bond acceptors (Lipinski definition) is 5. The maximum atomic E-state index is 14.4. The van der Waals surface area contributed by atoms with Gasteiger partial charge < -0.3 is 20.1 Å². The Morgan fingerprint density at radius 3 is 2.83 bits per heavy atom. The molecule has 0 spiro atoms. The summed E-state index contributed by atoms with van der Waals surface area (Å²) in [5, 5.41) is 12.7. The highest BCUT2D eigenvalue weighted by Gasteiger charge is 2.39. The average molecular weight is 429 g/mol. The van der Waals surface area contributed by atoms with E-state index in [9.17, 15) is 23.5 Å². The molecular weight excluding hydrogens is 402 g/mol. The predicted octanol–water partition coefficient (Wildman–Crippen LogP) is 2.78. The van der Waals surface area contributed by atoms with Gasteiger partial charge in [0.2, 0.25) is 0 Å². The van der Waals surface area contributed by atoms with E-state index in [0.717, 1.165) is 18.2 Å². The van der Waals surface area contributed by atoms with Crippen molar-refractivity contribution in [1.82, 2.24) is 10.2 Å². The van der Waals surface area contributed by atoms with Gasteiger partial charge in [-0.3, -0.25) is 4.79 Å². The van der Waals surface area contributed by atoms with E-state index in [1.54, 1.807) is 11.0 Å². The van der Waals surface area contributed by atoms with Crippen LogP contribution in [0.4, 0.5) is 13.6 Å². The number of nitrogens with one attached hydrogen (secondary N) is 1. The Morgan fingerprint density at radius 2 is 2.14 bits per heavy atom. The summed E-state index contributed by atoms with van der Waals surface area (Å²) < 4.78 is 33.3. The van der Waals surface area contributed by atoms with Gasteiger partial charge in [0.25, 0.3) is 0 Å². The fraction of sp³-hybridized carbons (Fsp3) is 0.500. The summed E-state index contributed by atoms with van der Waals surface area (Å²) in [5.41, 5.74) is -0.265. The van der Waals surface area contributed by atoms with Crippen molar-refractivity contribution >= 4 is 23.8 Å². The number of methoxy groups -OCH3 is 1. The van der Waals surface area contributed by atoms with Crippen LogP contribution in [0.5, 0.6) is 0 Å². The standard InChI is InChI=1S/C20H26F2N2O4S/c1-28-18(26)14-29-12-6-5-11-24-16(13-23-19(24)27)9-10-17(25)20(21,22)15-7-3-2-4-8-15/h2-4,7-10,16-17,25H,5-6,11-14H2,1H3,(H,23,27)/b10-9+/t16-,17?/m0/s1. The first-order chi connectivity index (χ1) is 13.9. The van der Waals surface area contributed by atoms with Gasteiger partial charge in [-0.05, 0) is 18.6 Å². The topological polar surface area (TPSA) is 78.9 Å². The van der Waals surface area contributed by atoms with E-state index in [0.29, 0.717) is 25.3 Å². The molecular formula is C20H26F2N2O4S.